The smallest absolute Gasteiger partial charge is 0.0349 e. The molecule has 1 nitrogen and oxygen atoms in total. The third-order valence-corrected chi connectivity index (χ3v) is 4.20. The number of rotatable bonds is 0. The summed E-state index contributed by atoms with van der Waals surface area (Å²) < 4.78 is 1.45. The Bertz CT molecular complexity index is 472. The van der Waals surface area contributed by atoms with E-state index in [9.17, 15) is 0 Å². The third kappa shape index (κ3) is 1.18. The summed E-state index contributed by atoms with van der Waals surface area (Å²) in [6.07, 6.45) is 1.23. The molecule has 0 fully saturated rings. The number of hydrogen-bond donors (Lipinski definition) is 0. The summed E-state index contributed by atoms with van der Waals surface area (Å²) in [7, 11) is 2.20. The van der Waals surface area contributed by atoms with E-state index in [2.05, 4.69) is 36.2 Å². The Balaban J connectivity index is 2.25. The Morgan fingerprint density at radius 1 is 1.29 bits per heavy atom. The highest BCUT2D eigenvalue weighted by molar-refractivity contribution is 7.19. The minimum absolute atomic E-state index is 1.12. The van der Waals surface area contributed by atoms with Crippen molar-refractivity contribution in [2.24, 2.45) is 0 Å². The number of thiophene rings is 1. The zero-order chi connectivity index (χ0) is 9.54. The predicted octanol–water partition coefficient (Wildman–Crippen LogP) is 2.89. The molecule has 2 heterocycles. The van der Waals surface area contributed by atoms with Gasteiger partial charge in [-0.3, -0.25) is 0 Å². The number of hydrogen-bond acceptors (Lipinski definition) is 2. The van der Waals surface area contributed by atoms with E-state index in [0.29, 0.717) is 0 Å². The molecular formula is C12H13NS. The second-order valence-electron chi connectivity index (χ2n) is 3.99. The SMILES string of the molecule is CN1CCc2sc3ccccc3c2C1. The molecule has 14 heavy (non-hydrogen) atoms. The van der Waals surface area contributed by atoms with Crippen LogP contribution >= 0.6 is 11.3 Å². The second-order valence-corrected chi connectivity index (χ2v) is 5.12. The molecule has 0 unspecified atom stereocenters. The van der Waals surface area contributed by atoms with Crippen molar-refractivity contribution in [3.8, 4) is 0 Å². The van der Waals surface area contributed by atoms with E-state index in [4.69, 9.17) is 0 Å². The van der Waals surface area contributed by atoms with Crippen molar-refractivity contribution in [3.05, 3.63) is 34.7 Å². The van der Waals surface area contributed by atoms with Crippen LogP contribution in [0.2, 0.25) is 0 Å². The zero-order valence-corrected chi connectivity index (χ0v) is 9.10. The van der Waals surface area contributed by atoms with Crippen molar-refractivity contribution in [3.63, 3.8) is 0 Å². The normalized spacial score (nSPS) is 17.2. The van der Waals surface area contributed by atoms with Crippen molar-refractivity contribution >= 4 is 21.4 Å². The first-order valence-electron chi connectivity index (χ1n) is 5.02. The van der Waals surface area contributed by atoms with E-state index in [0.717, 1.165) is 6.54 Å². The second kappa shape index (κ2) is 3.07. The molecule has 0 saturated heterocycles. The van der Waals surface area contributed by atoms with Crippen LogP contribution in [0.25, 0.3) is 10.1 Å². The van der Waals surface area contributed by atoms with Crippen LogP contribution in [0, 0.1) is 0 Å². The number of likely N-dealkylation sites (N-methyl/N-ethyl adjacent to an activating group) is 1. The van der Waals surface area contributed by atoms with Gasteiger partial charge in [-0.15, -0.1) is 11.3 Å². The molecule has 3 rings (SSSR count). The van der Waals surface area contributed by atoms with Gasteiger partial charge in [0.05, 0.1) is 0 Å². The molecule has 0 amide bonds. The van der Waals surface area contributed by atoms with Gasteiger partial charge in [0.2, 0.25) is 0 Å². The van der Waals surface area contributed by atoms with Gasteiger partial charge in [0.1, 0.15) is 0 Å². The lowest BCUT2D eigenvalue weighted by molar-refractivity contribution is 0.317. The standard InChI is InChI=1S/C12H13NS/c1-13-7-6-12-10(8-13)9-4-2-3-5-11(9)14-12/h2-5H,6-8H2,1H3. The molecule has 0 saturated carbocycles. The third-order valence-electron chi connectivity index (χ3n) is 2.93. The van der Waals surface area contributed by atoms with Crippen LogP contribution in [0.15, 0.2) is 24.3 Å². The average Bonchev–Trinajstić information content (AvgIpc) is 2.56. The summed E-state index contributed by atoms with van der Waals surface area (Å²) in [5.74, 6) is 0. The molecule has 72 valence electrons. The van der Waals surface area contributed by atoms with Crippen molar-refractivity contribution in [2.75, 3.05) is 13.6 Å². The van der Waals surface area contributed by atoms with E-state index in [1.54, 1.807) is 10.4 Å². The lowest BCUT2D eigenvalue weighted by Crippen LogP contribution is -2.25. The van der Waals surface area contributed by atoms with Crippen LogP contribution in [0.3, 0.4) is 0 Å². The maximum Gasteiger partial charge on any atom is 0.0349 e. The van der Waals surface area contributed by atoms with Gasteiger partial charge in [-0.2, -0.15) is 0 Å². The molecule has 1 aromatic carbocycles. The van der Waals surface area contributed by atoms with E-state index in [-0.39, 0.29) is 0 Å². The minimum atomic E-state index is 1.12. The predicted molar refractivity (Wildman–Crippen MR) is 61.9 cm³/mol. The topological polar surface area (TPSA) is 3.24 Å². The Kier molecular flexibility index (Phi) is 1.85. The highest BCUT2D eigenvalue weighted by Crippen LogP contribution is 2.34. The van der Waals surface area contributed by atoms with Crippen molar-refractivity contribution in [1.29, 1.82) is 0 Å². The van der Waals surface area contributed by atoms with Gasteiger partial charge in [-0.05, 0) is 30.5 Å². The van der Waals surface area contributed by atoms with E-state index < -0.39 is 0 Å². The Labute approximate surface area is 88.0 Å². The summed E-state index contributed by atoms with van der Waals surface area (Å²) >= 11 is 1.98. The summed E-state index contributed by atoms with van der Waals surface area (Å²) in [5.41, 5.74) is 1.57. The molecule has 2 heteroatoms. The van der Waals surface area contributed by atoms with Crippen LogP contribution in [-0.4, -0.2) is 18.5 Å². The van der Waals surface area contributed by atoms with Crippen LogP contribution < -0.4 is 0 Å². The van der Waals surface area contributed by atoms with Gasteiger partial charge >= 0.3 is 0 Å². The molecule has 0 radical (unpaired) electrons. The van der Waals surface area contributed by atoms with Crippen LogP contribution in [0.5, 0.6) is 0 Å². The molecule has 0 aliphatic carbocycles. The Hall–Kier alpha value is -0.860. The maximum atomic E-state index is 2.40. The van der Waals surface area contributed by atoms with Gasteiger partial charge in [-0.1, -0.05) is 18.2 Å². The molecular weight excluding hydrogens is 190 g/mol. The highest BCUT2D eigenvalue weighted by Gasteiger charge is 2.17. The minimum Gasteiger partial charge on any atom is -0.302 e. The molecule has 1 aliphatic heterocycles. The van der Waals surface area contributed by atoms with Crippen molar-refractivity contribution in [2.45, 2.75) is 13.0 Å². The fourth-order valence-corrected chi connectivity index (χ4v) is 3.37. The fourth-order valence-electron chi connectivity index (χ4n) is 2.17. The van der Waals surface area contributed by atoms with Gasteiger partial charge in [0.15, 0.2) is 0 Å². The molecule has 2 aromatic rings. The lowest BCUT2D eigenvalue weighted by Gasteiger charge is -2.22. The van der Waals surface area contributed by atoms with Gasteiger partial charge in [0.25, 0.3) is 0 Å². The van der Waals surface area contributed by atoms with Gasteiger partial charge in [0, 0.05) is 22.7 Å². The molecule has 0 atom stereocenters. The van der Waals surface area contributed by atoms with Crippen LogP contribution in [0.4, 0.5) is 0 Å². The van der Waals surface area contributed by atoms with Crippen molar-refractivity contribution in [1.82, 2.24) is 4.90 Å². The van der Waals surface area contributed by atoms with E-state index >= 15 is 0 Å². The Morgan fingerprint density at radius 3 is 3.07 bits per heavy atom. The summed E-state index contributed by atoms with van der Waals surface area (Å²) in [5, 5.41) is 1.47. The molecule has 0 spiro atoms. The number of nitrogens with zero attached hydrogens (tertiary/aromatic N) is 1. The quantitative estimate of drug-likeness (QED) is 0.636. The van der Waals surface area contributed by atoms with E-state index in [1.807, 2.05) is 11.3 Å². The van der Waals surface area contributed by atoms with Crippen LogP contribution in [0.1, 0.15) is 10.4 Å². The zero-order valence-electron chi connectivity index (χ0n) is 8.29. The van der Waals surface area contributed by atoms with Crippen LogP contribution in [-0.2, 0) is 13.0 Å². The van der Waals surface area contributed by atoms with Gasteiger partial charge < -0.3 is 4.90 Å². The average molecular weight is 203 g/mol. The lowest BCUT2D eigenvalue weighted by atomic mass is 10.1. The first kappa shape index (κ1) is 8.45. The summed E-state index contributed by atoms with van der Waals surface area (Å²) in [6, 6.07) is 8.76. The first-order valence-corrected chi connectivity index (χ1v) is 5.84. The Morgan fingerprint density at radius 2 is 2.14 bits per heavy atom. The largest absolute Gasteiger partial charge is 0.302 e. The maximum absolute atomic E-state index is 2.40. The monoisotopic (exact) mass is 203 g/mol. The fraction of sp³-hybridized carbons (Fsp3) is 0.333. The molecule has 1 aliphatic rings. The molecule has 0 N–H and O–H groups in total. The molecule has 0 bridgehead atoms. The first-order chi connectivity index (χ1) is 6.84. The number of benzene rings is 1. The van der Waals surface area contributed by atoms with E-state index in [1.165, 1.54) is 23.1 Å². The van der Waals surface area contributed by atoms with Gasteiger partial charge in [-0.25, -0.2) is 0 Å². The highest BCUT2D eigenvalue weighted by atomic mass is 32.1. The van der Waals surface area contributed by atoms with Crippen molar-refractivity contribution < 1.29 is 0 Å². The number of fused-ring (bicyclic) bond motifs is 3. The summed E-state index contributed by atoms with van der Waals surface area (Å²) in [6.45, 7) is 2.33. The molecule has 1 aromatic heterocycles. The summed E-state index contributed by atoms with van der Waals surface area (Å²) in [4.78, 5) is 4.01.